The van der Waals surface area contributed by atoms with Crippen molar-refractivity contribution in [1.29, 1.82) is 0 Å². The molecule has 122 valence electrons. The lowest BCUT2D eigenvalue weighted by Gasteiger charge is -2.27. The lowest BCUT2D eigenvalue weighted by Crippen LogP contribution is -2.39. The highest BCUT2D eigenvalue weighted by atomic mass is 19.4. The zero-order chi connectivity index (χ0) is 16.5. The number of rotatable bonds is 1. The average molecular weight is 316 g/mol. The van der Waals surface area contributed by atoms with E-state index in [4.69, 9.17) is 0 Å². The summed E-state index contributed by atoms with van der Waals surface area (Å²) in [5, 5.41) is 6.80. The Labute approximate surface area is 126 Å². The summed E-state index contributed by atoms with van der Waals surface area (Å²) in [6.07, 6.45) is -0.223. The maximum Gasteiger partial charge on any atom is 0.412 e. The number of hydrogen-bond acceptors (Lipinski definition) is 2. The Morgan fingerprint density at radius 2 is 2.00 bits per heavy atom. The summed E-state index contributed by atoms with van der Waals surface area (Å²) in [4.78, 5) is 13.4. The highest BCUT2D eigenvalue weighted by molar-refractivity contribution is 5.89. The van der Waals surface area contributed by atoms with Gasteiger partial charge < -0.3 is 10.2 Å². The number of amides is 2. The Hall–Kier alpha value is -1.99. The molecule has 1 aliphatic rings. The first kappa shape index (κ1) is 16.4. The highest BCUT2D eigenvalue weighted by Crippen LogP contribution is 2.30. The van der Waals surface area contributed by atoms with Crippen molar-refractivity contribution in [3.8, 4) is 0 Å². The van der Waals surface area contributed by atoms with E-state index in [1.54, 1.807) is 10.9 Å². The minimum atomic E-state index is -4.31. The molecule has 0 fully saturated rings. The van der Waals surface area contributed by atoms with Crippen molar-refractivity contribution in [2.75, 3.05) is 18.4 Å². The normalized spacial score (nSPS) is 16.5. The second-order valence-corrected chi connectivity index (χ2v) is 6.20. The Kier molecular flexibility index (Phi) is 4.21. The number of urea groups is 1. The van der Waals surface area contributed by atoms with Crippen LogP contribution in [0.4, 0.5) is 23.7 Å². The number of hydrogen-bond donors (Lipinski definition) is 1. The largest absolute Gasteiger partial charge is 0.412 e. The first-order valence-corrected chi connectivity index (χ1v) is 6.94. The summed E-state index contributed by atoms with van der Waals surface area (Å²) in [5.74, 6) is 0. The molecule has 0 unspecified atom stereocenters. The van der Waals surface area contributed by atoms with E-state index in [9.17, 15) is 18.0 Å². The molecule has 0 aliphatic carbocycles. The molecule has 5 nitrogen and oxygen atoms in total. The van der Waals surface area contributed by atoms with E-state index >= 15 is 0 Å². The standard InChI is InChI=1S/C14H19F3N4O/c1-13(2,3)21-9-11(8-18-21)19-12(22)20-6-4-10(5-7-20)14(15,16)17/h4,8-9H,5-7H2,1-3H3,(H,19,22). The zero-order valence-electron chi connectivity index (χ0n) is 12.7. The first-order valence-electron chi connectivity index (χ1n) is 6.94. The summed E-state index contributed by atoms with van der Waals surface area (Å²) in [6.45, 7) is 5.91. The van der Waals surface area contributed by atoms with Gasteiger partial charge in [0.05, 0.1) is 17.4 Å². The van der Waals surface area contributed by atoms with Gasteiger partial charge in [0.1, 0.15) is 0 Å². The minimum Gasteiger partial charge on any atom is -0.320 e. The van der Waals surface area contributed by atoms with Gasteiger partial charge in [-0.15, -0.1) is 0 Å². The van der Waals surface area contributed by atoms with Crippen LogP contribution in [0.5, 0.6) is 0 Å². The number of nitrogens with one attached hydrogen (secondary N) is 1. The molecule has 2 heterocycles. The Morgan fingerprint density at radius 3 is 2.45 bits per heavy atom. The third-order valence-electron chi connectivity index (χ3n) is 3.38. The van der Waals surface area contributed by atoms with E-state index in [1.807, 2.05) is 20.8 Å². The van der Waals surface area contributed by atoms with Crippen molar-refractivity contribution in [2.24, 2.45) is 0 Å². The summed E-state index contributed by atoms with van der Waals surface area (Å²) in [7, 11) is 0. The smallest absolute Gasteiger partial charge is 0.320 e. The van der Waals surface area contributed by atoms with Crippen LogP contribution in [0.2, 0.25) is 0 Å². The average Bonchev–Trinajstić information content (AvgIpc) is 2.86. The van der Waals surface area contributed by atoms with Gasteiger partial charge in [0.25, 0.3) is 0 Å². The van der Waals surface area contributed by atoms with Crippen LogP contribution in [0, 0.1) is 0 Å². The molecule has 1 N–H and O–H groups in total. The fraction of sp³-hybridized carbons (Fsp3) is 0.571. The Bertz CT molecular complexity index is 584. The fourth-order valence-electron chi connectivity index (χ4n) is 2.07. The highest BCUT2D eigenvalue weighted by Gasteiger charge is 2.35. The van der Waals surface area contributed by atoms with Crippen LogP contribution < -0.4 is 5.32 Å². The van der Waals surface area contributed by atoms with E-state index in [0.717, 1.165) is 6.08 Å². The summed E-state index contributed by atoms with van der Waals surface area (Å²) >= 11 is 0. The van der Waals surface area contributed by atoms with Gasteiger partial charge >= 0.3 is 12.2 Å². The molecule has 0 atom stereocenters. The molecule has 0 saturated heterocycles. The fourth-order valence-corrected chi connectivity index (χ4v) is 2.07. The monoisotopic (exact) mass is 316 g/mol. The molecule has 0 spiro atoms. The van der Waals surface area contributed by atoms with Crippen LogP contribution in [0.3, 0.4) is 0 Å². The number of nitrogens with zero attached hydrogens (tertiary/aromatic N) is 3. The molecule has 1 aromatic heterocycles. The van der Waals surface area contributed by atoms with Crippen molar-refractivity contribution in [3.63, 3.8) is 0 Å². The SMILES string of the molecule is CC(C)(C)n1cc(NC(=O)N2CC=C(C(F)(F)F)CC2)cn1. The molecule has 1 aliphatic heterocycles. The second-order valence-electron chi connectivity index (χ2n) is 6.20. The number of carbonyl (C=O) groups excluding carboxylic acids is 1. The molecular formula is C14H19F3N4O. The predicted octanol–water partition coefficient (Wildman–Crippen LogP) is 3.36. The van der Waals surface area contributed by atoms with Gasteiger partial charge in [0.15, 0.2) is 0 Å². The van der Waals surface area contributed by atoms with E-state index in [2.05, 4.69) is 10.4 Å². The van der Waals surface area contributed by atoms with Gasteiger partial charge in [-0.05, 0) is 27.2 Å². The quantitative estimate of drug-likeness (QED) is 0.808. The Balaban J connectivity index is 1.97. The van der Waals surface area contributed by atoms with Gasteiger partial charge in [-0.1, -0.05) is 6.08 Å². The number of halogens is 3. The maximum atomic E-state index is 12.5. The summed E-state index contributed by atoms with van der Waals surface area (Å²) < 4.78 is 39.3. The molecular weight excluding hydrogens is 297 g/mol. The van der Waals surface area contributed by atoms with Crippen molar-refractivity contribution in [3.05, 3.63) is 24.0 Å². The molecule has 22 heavy (non-hydrogen) atoms. The van der Waals surface area contributed by atoms with Gasteiger partial charge in [-0.25, -0.2) is 4.79 Å². The lowest BCUT2D eigenvalue weighted by molar-refractivity contribution is -0.0955. The maximum absolute atomic E-state index is 12.5. The van der Waals surface area contributed by atoms with E-state index in [-0.39, 0.29) is 25.0 Å². The molecule has 0 saturated carbocycles. The first-order chi connectivity index (χ1) is 10.1. The summed E-state index contributed by atoms with van der Waals surface area (Å²) in [5.41, 5.74) is -0.263. The van der Waals surface area contributed by atoms with Crippen molar-refractivity contribution in [1.82, 2.24) is 14.7 Å². The van der Waals surface area contributed by atoms with Crippen molar-refractivity contribution in [2.45, 2.75) is 38.9 Å². The number of aromatic nitrogens is 2. The molecule has 0 bridgehead atoms. The topological polar surface area (TPSA) is 50.2 Å². The van der Waals surface area contributed by atoms with E-state index in [1.165, 1.54) is 11.1 Å². The van der Waals surface area contributed by atoms with Crippen LogP contribution in [0.25, 0.3) is 0 Å². The molecule has 8 heteroatoms. The van der Waals surface area contributed by atoms with Gasteiger partial charge in [0.2, 0.25) is 0 Å². The molecule has 2 amide bonds. The minimum absolute atomic E-state index is 0.0462. The van der Waals surface area contributed by atoms with Crippen molar-refractivity contribution >= 4 is 11.7 Å². The molecule has 1 aromatic rings. The third-order valence-corrected chi connectivity index (χ3v) is 3.38. The number of alkyl halides is 3. The lowest BCUT2D eigenvalue weighted by atomic mass is 10.1. The number of carbonyl (C=O) groups is 1. The van der Waals surface area contributed by atoms with Gasteiger partial charge in [0, 0.05) is 24.9 Å². The van der Waals surface area contributed by atoms with E-state index in [0.29, 0.717) is 5.69 Å². The van der Waals surface area contributed by atoms with E-state index < -0.39 is 17.8 Å². The van der Waals surface area contributed by atoms with Crippen LogP contribution in [-0.4, -0.2) is 40.0 Å². The van der Waals surface area contributed by atoms with Crippen molar-refractivity contribution < 1.29 is 18.0 Å². The van der Waals surface area contributed by atoms with Crippen LogP contribution in [-0.2, 0) is 5.54 Å². The van der Waals surface area contributed by atoms with Gasteiger partial charge in [-0.2, -0.15) is 18.3 Å². The third kappa shape index (κ3) is 3.80. The Morgan fingerprint density at radius 1 is 1.32 bits per heavy atom. The molecule has 2 rings (SSSR count). The predicted molar refractivity (Wildman–Crippen MR) is 76.6 cm³/mol. The van der Waals surface area contributed by atoms with Crippen LogP contribution in [0.1, 0.15) is 27.2 Å². The van der Waals surface area contributed by atoms with Gasteiger partial charge in [-0.3, -0.25) is 4.68 Å². The molecule has 0 radical (unpaired) electrons. The summed E-state index contributed by atoms with van der Waals surface area (Å²) in [6, 6.07) is -0.425. The number of anilines is 1. The van der Waals surface area contributed by atoms with Crippen LogP contribution in [0.15, 0.2) is 24.0 Å². The second kappa shape index (κ2) is 5.66. The van der Waals surface area contributed by atoms with Crippen LogP contribution >= 0.6 is 0 Å². The zero-order valence-corrected chi connectivity index (χ0v) is 12.7. The molecule has 0 aromatic carbocycles.